The third-order valence-electron chi connectivity index (χ3n) is 4.15. The first-order valence-electron chi connectivity index (χ1n) is 7.42. The first-order valence-corrected chi connectivity index (χ1v) is 7.42. The van der Waals surface area contributed by atoms with E-state index in [0.29, 0.717) is 18.7 Å². The Hall–Kier alpha value is -2.14. The van der Waals surface area contributed by atoms with E-state index >= 15 is 0 Å². The topological polar surface area (TPSA) is 72.9 Å². The first kappa shape index (κ1) is 16.2. The molecule has 0 aliphatic carbocycles. The van der Waals surface area contributed by atoms with E-state index in [1.165, 1.54) is 0 Å². The van der Waals surface area contributed by atoms with Gasteiger partial charge in [0.15, 0.2) is 0 Å². The van der Waals surface area contributed by atoms with Crippen LogP contribution in [0.4, 0.5) is 0 Å². The standard InChI is InChI=1S/C17H24N4O/c1-10-6-14(8-18)7-11(2)15(10)9-19-17(22)16-12(3)20-21(5)13(16)4/h6-7H,8-9,18H2,1-5H3,(H,19,22). The van der Waals surface area contributed by atoms with Crippen molar-refractivity contribution in [2.45, 2.75) is 40.8 Å². The molecule has 118 valence electrons. The second-order valence-corrected chi connectivity index (χ2v) is 5.76. The molecule has 22 heavy (non-hydrogen) atoms. The fourth-order valence-corrected chi connectivity index (χ4v) is 2.84. The van der Waals surface area contributed by atoms with Gasteiger partial charge in [0.25, 0.3) is 5.91 Å². The zero-order valence-corrected chi connectivity index (χ0v) is 13.9. The van der Waals surface area contributed by atoms with Crippen molar-refractivity contribution in [2.24, 2.45) is 12.8 Å². The van der Waals surface area contributed by atoms with Crippen LogP contribution >= 0.6 is 0 Å². The largest absolute Gasteiger partial charge is 0.348 e. The van der Waals surface area contributed by atoms with Crippen molar-refractivity contribution in [1.29, 1.82) is 0 Å². The summed E-state index contributed by atoms with van der Waals surface area (Å²) in [4.78, 5) is 12.4. The molecule has 0 aliphatic heterocycles. The van der Waals surface area contributed by atoms with Gasteiger partial charge in [-0.1, -0.05) is 12.1 Å². The van der Waals surface area contributed by atoms with Crippen LogP contribution in [0.5, 0.6) is 0 Å². The van der Waals surface area contributed by atoms with Crippen molar-refractivity contribution in [3.8, 4) is 0 Å². The number of hydrogen-bond donors (Lipinski definition) is 2. The summed E-state index contributed by atoms with van der Waals surface area (Å²) in [5, 5.41) is 7.29. The summed E-state index contributed by atoms with van der Waals surface area (Å²) in [6.45, 7) is 8.90. The number of aryl methyl sites for hydroxylation is 4. The Kier molecular flexibility index (Phi) is 4.66. The molecule has 3 N–H and O–H groups in total. The number of amides is 1. The quantitative estimate of drug-likeness (QED) is 0.907. The molecular formula is C17H24N4O. The molecule has 0 atom stereocenters. The highest BCUT2D eigenvalue weighted by molar-refractivity contribution is 5.96. The SMILES string of the molecule is Cc1cc(CN)cc(C)c1CNC(=O)c1c(C)nn(C)c1C. The van der Waals surface area contributed by atoms with Crippen LogP contribution in [0, 0.1) is 27.7 Å². The van der Waals surface area contributed by atoms with E-state index < -0.39 is 0 Å². The Bertz CT molecular complexity index is 693. The molecule has 0 unspecified atom stereocenters. The van der Waals surface area contributed by atoms with Crippen LogP contribution in [0.3, 0.4) is 0 Å². The first-order chi connectivity index (χ1) is 10.3. The smallest absolute Gasteiger partial charge is 0.255 e. The fourth-order valence-electron chi connectivity index (χ4n) is 2.84. The number of nitrogens with zero attached hydrogens (tertiary/aromatic N) is 2. The number of nitrogens with one attached hydrogen (secondary N) is 1. The molecule has 0 bridgehead atoms. The molecule has 5 nitrogen and oxygen atoms in total. The predicted octanol–water partition coefficient (Wildman–Crippen LogP) is 2.04. The Morgan fingerprint density at radius 2 is 1.82 bits per heavy atom. The number of aromatic nitrogens is 2. The van der Waals surface area contributed by atoms with Gasteiger partial charge >= 0.3 is 0 Å². The van der Waals surface area contributed by atoms with Crippen molar-refractivity contribution >= 4 is 5.91 Å². The van der Waals surface area contributed by atoms with E-state index in [-0.39, 0.29) is 5.91 Å². The Morgan fingerprint density at radius 3 is 2.27 bits per heavy atom. The monoisotopic (exact) mass is 300 g/mol. The lowest BCUT2D eigenvalue weighted by Gasteiger charge is -2.13. The highest BCUT2D eigenvalue weighted by atomic mass is 16.1. The number of hydrogen-bond acceptors (Lipinski definition) is 3. The van der Waals surface area contributed by atoms with Gasteiger partial charge in [0, 0.05) is 25.8 Å². The van der Waals surface area contributed by atoms with Crippen LogP contribution in [-0.4, -0.2) is 15.7 Å². The van der Waals surface area contributed by atoms with Crippen LogP contribution in [0.15, 0.2) is 12.1 Å². The lowest BCUT2D eigenvalue weighted by atomic mass is 9.99. The van der Waals surface area contributed by atoms with E-state index in [0.717, 1.165) is 33.6 Å². The molecule has 5 heteroatoms. The minimum atomic E-state index is -0.0789. The summed E-state index contributed by atoms with van der Waals surface area (Å²) in [5.74, 6) is -0.0789. The maximum absolute atomic E-state index is 12.4. The van der Waals surface area contributed by atoms with E-state index in [4.69, 9.17) is 5.73 Å². The number of benzene rings is 1. The zero-order chi connectivity index (χ0) is 16.4. The van der Waals surface area contributed by atoms with E-state index in [2.05, 4.69) is 22.5 Å². The molecular weight excluding hydrogens is 276 g/mol. The second-order valence-electron chi connectivity index (χ2n) is 5.76. The average Bonchev–Trinajstić information content (AvgIpc) is 2.70. The third kappa shape index (κ3) is 3.04. The summed E-state index contributed by atoms with van der Waals surface area (Å²) < 4.78 is 1.73. The maximum atomic E-state index is 12.4. The van der Waals surface area contributed by atoms with Gasteiger partial charge in [0.2, 0.25) is 0 Å². The minimum Gasteiger partial charge on any atom is -0.348 e. The van der Waals surface area contributed by atoms with Gasteiger partial charge in [0.05, 0.1) is 11.3 Å². The van der Waals surface area contributed by atoms with Gasteiger partial charge in [-0.25, -0.2) is 0 Å². The molecule has 0 radical (unpaired) electrons. The molecule has 0 aliphatic rings. The molecule has 0 fully saturated rings. The summed E-state index contributed by atoms with van der Waals surface area (Å²) in [7, 11) is 1.85. The summed E-state index contributed by atoms with van der Waals surface area (Å²) in [5.41, 5.74) is 12.6. The van der Waals surface area contributed by atoms with Crippen molar-refractivity contribution in [2.75, 3.05) is 0 Å². The highest BCUT2D eigenvalue weighted by Gasteiger charge is 2.17. The Morgan fingerprint density at radius 1 is 1.23 bits per heavy atom. The Labute approximate surface area is 131 Å². The number of carbonyl (C=O) groups excluding carboxylic acids is 1. The molecule has 0 spiro atoms. The van der Waals surface area contributed by atoms with Crippen LogP contribution in [-0.2, 0) is 20.1 Å². The van der Waals surface area contributed by atoms with Gasteiger partial charge < -0.3 is 11.1 Å². The summed E-state index contributed by atoms with van der Waals surface area (Å²) >= 11 is 0. The fraction of sp³-hybridized carbons (Fsp3) is 0.412. The van der Waals surface area contributed by atoms with Gasteiger partial charge in [-0.05, 0) is 49.9 Å². The van der Waals surface area contributed by atoms with Crippen molar-refractivity contribution in [3.05, 3.63) is 51.3 Å². The molecule has 1 aromatic heterocycles. The number of carbonyl (C=O) groups is 1. The van der Waals surface area contributed by atoms with Crippen LogP contribution in [0.25, 0.3) is 0 Å². The van der Waals surface area contributed by atoms with Crippen molar-refractivity contribution in [3.63, 3.8) is 0 Å². The van der Waals surface area contributed by atoms with Crippen molar-refractivity contribution < 1.29 is 4.79 Å². The molecule has 1 amide bonds. The van der Waals surface area contributed by atoms with Crippen LogP contribution in [0.2, 0.25) is 0 Å². The molecule has 1 heterocycles. The van der Waals surface area contributed by atoms with E-state index in [9.17, 15) is 4.79 Å². The summed E-state index contributed by atoms with van der Waals surface area (Å²) in [6.07, 6.45) is 0. The predicted molar refractivity (Wildman–Crippen MR) is 87.7 cm³/mol. The number of rotatable bonds is 4. The van der Waals surface area contributed by atoms with Gasteiger partial charge in [-0.3, -0.25) is 9.48 Å². The van der Waals surface area contributed by atoms with Crippen LogP contribution in [0.1, 0.15) is 44.0 Å². The molecule has 0 saturated carbocycles. The van der Waals surface area contributed by atoms with Gasteiger partial charge in [0.1, 0.15) is 0 Å². The zero-order valence-electron chi connectivity index (χ0n) is 13.9. The maximum Gasteiger partial charge on any atom is 0.255 e. The molecule has 1 aromatic carbocycles. The summed E-state index contributed by atoms with van der Waals surface area (Å²) in [6, 6.07) is 4.16. The number of nitrogens with two attached hydrogens (primary N) is 1. The molecule has 0 saturated heterocycles. The third-order valence-corrected chi connectivity index (χ3v) is 4.15. The van der Waals surface area contributed by atoms with Crippen molar-refractivity contribution in [1.82, 2.24) is 15.1 Å². The lowest BCUT2D eigenvalue weighted by Crippen LogP contribution is -2.25. The highest BCUT2D eigenvalue weighted by Crippen LogP contribution is 2.17. The normalized spacial score (nSPS) is 10.8. The van der Waals surface area contributed by atoms with Crippen LogP contribution < -0.4 is 11.1 Å². The van der Waals surface area contributed by atoms with Gasteiger partial charge in [-0.2, -0.15) is 5.10 Å². The molecule has 2 aromatic rings. The lowest BCUT2D eigenvalue weighted by molar-refractivity contribution is 0.0949. The van der Waals surface area contributed by atoms with E-state index in [1.807, 2.05) is 34.7 Å². The van der Waals surface area contributed by atoms with E-state index in [1.54, 1.807) is 4.68 Å². The Balaban J connectivity index is 2.18. The van der Waals surface area contributed by atoms with Gasteiger partial charge in [-0.15, -0.1) is 0 Å². The average molecular weight is 300 g/mol. The molecule has 2 rings (SSSR count). The minimum absolute atomic E-state index is 0.0789. The second kappa shape index (κ2) is 6.32.